The first-order valence-corrected chi connectivity index (χ1v) is 8.44. The lowest BCUT2D eigenvalue weighted by Crippen LogP contribution is -2.34. The molecule has 0 atom stereocenters. The van der Waals surface area contributed by atoms with Gasteiger partial charge in [-0.15, -0.1) is 0 Å². The molecule has 0 aliphatic heterocycles. The molecule has 26 heavy (non-hydrogen) atoms. The molecular formula is C20H17ClFN3O. The van der Waals surface area contributed by atoms with Gasteiger partial charge in [-0.3, -0.25) is 4.79 Å². The molecule has 0 saturated heterocycles. The third kappa shape index (κ3) is 3.42. The van der Waals surface area contributed by atoms with Crippen molar-refractivity contribution in [1.82, 2.24) is 4.57 Å². The number of rotatable bonds is 4. The van der Waals surface area contributed by atoms with Gasteiger partial charge in [0, 0.05) is 23.8 Å². The summed E-state index contributed by atoms with van der Waals surface area (Å²) in [6, 6.07) is 13.3. The highest BCUT2D eigenvalue weighted by molar-refractivity contribution is 6.32. The average Bonchev–Trinajstić information content (AvgIpc) is 2.99. The molecule has 0 spiro atoms. The number of fused-ring (bicyclic) bond motifs is 1. The molecule has 1 N–H and O–H groups in total. The lowest BCUT2D eigenvalue weighted by Gasteiger charge is -2.25. The Kier molecular flexibility index (Phi) is 4.71. The van der Waals surface area contributed by atoms with Crippen LogP contribution in [0.3, 0.4) is 0 Å². The molecule has 0 aliphatic carbocycles. The first kappa shape index (κ1) is 18.0. The summed E-state index contributed by atoms with van der Waals surface area (Å²) in [6.07, 6.45) is 1.78. The van der Waals surface area contributed by atoms with Gasteiger partial charge >= 0.3 is 0 Å². The Bertz CT molecular complexity index is 1030. The molecule has 0 fully saturated rings. The van der Waals surface area contributed by atoms with Crippen LogP contribution in [0.1, 0.15) is 19.4 Å². The predicted molar refractivity (Wildman–Crippen MR) is 100 cm³/mol. The summed E-state index contributed by atoms with van der Waals surface area (Å²) in [5, 5.41) is 12.6. The fraction of sp³-hybridized carbons (Fsp3) is 0.200. The fourth-order valence-corrected chi connectivity index (χ4v) is 3.03. The molecule has 2 aromatic carbocycles. The Balaban J connectivity index is 1.81. The Morgan fingerprint density at radius 2 is 2.08 bits per heavy atom. The van der Waals surface area contributed by atoms with E-state index in [1.165, 1.54) is 6.07 Å². The Labute approximate surface area is 155 Å². The molecule has 0 saturated carbocycles. The molecule has 0 radical (unpaired) electrons. The monoisotopic (exact) mass is 369 g/mol. The van der Waals surface area contributed by atoms with Gasteiger partial charge in [-0.1, -0.05) is 17.7 Å². The van der Waals surface area contributed by atoms with Gasteiger partial charge in [0.15, 0.2) is 0 Å². The van der Waals surface area contributed by atoms with Gasteiger partial charge < -0.3 is 9.88 Å². The van der Waals surface area contributed by atoms with Crippen molar-refractivity contribution in [2.24, 2.45) is 5.41 Å². The van der Waals surface area contributed by atoms with Crippen molar-refractivity contribution in [3.8, 4) is 6.07 Å². The van der Waals surface area contributed by atoms with Crippen molar-refractivity contribution in [1.29, 1.82) is 5.26 Å². The number of nitriles is 1. The molecule has 3 aromatic rings. The van der Waals surface area contributed by atoms with Crippen LogP contribution in [0.15, 0.2) is 48.7 Å². The van der Waals surface area contributed by atoms with E-state index in [0.29, 0.717) is 23.2 Å². The zero-order chi connectivity index (χ0) is 18.9. The molecular weight excluding hydrogens is 353 g/mol. The minimum atomic E-state index is -0.751. The second-order valence-electron chi connectivity index (χ2n) is 6.76. The van der Waals surface area contributed by atoms with Crippen molar-refractivity contribution < 1.29 is 9.18 Å². The van der Waals surface area contributed by atoms with E-state index in [-0.39, 0.29) is 16.7 Å². The SMILES string of the molecule is CC(C)(Cn1ccc2c(F)cccc21)C(=O)Nc1ccc(C#N)c(Cl)c1. The Morgan fingerprint density at radius 1 is 1.31 bits per heavy atom. The van der Waals surface area contributed by atoms with Gasteiger partial charge in [0.05, 0.1) is 21.5 Å². The number of carbonyl (C=O) groups excluding carboxylic acids is 1. The van der Waals surface area contributed by atoms with Crippen LogP contribution < -0.4 is 5.32 Å². The summed E-state index contributed by atoms with van der Waals surface area (Å²) >= 11 is 6.01. The number of nitrogens with zero attached hydrogens (tertiary/aromatic N) is 2. The highest BCUT2D eigenvalue weighted by Crippen LogP contribution is 2.27. The smallest absolute Gasteiger partial charge is 0.231 e. The molecule has 4 nitrogen and oxygen atoms in total. The summed E-state index contributed by atoms with van der Waals surface area (Å²) < 4.78 is 15.7. The van der Waals surface area contributed by atoms with Gasteiger partial charge in [0.1, 0.15) is 11.9 Å². The van der Waals surface area contributed by atoms with Crippen LogP contribution >= 0.6 is 11.6 Å². The largest absolute Gasteiger partial charge is 0.346 e. The Morgan fingerprint density at radius 3 is 2.77 bits per heavy atom. The summed E-state index contributed by atoms with van der Waals surface area (Å²) in [4.78, 5) is 12.7. The lowest BCUT2D eigenvalue weighted by atomic mass is 9.92. The van der Waals surface area contributed by atoms with Crippen LogP contribution in [-0.2, 0) is 11.3 Å². The van der Waals surface area contributed by atoms with E-state index >= 15 is 0 Å². The second kappa shape index (κ2) is 6.81. The average molecular weight is 370 g/mol. The van der Waals surface area contributed by atoms with E-state index in [9.17, 15) is 9.18 Å². The second-order valence-corrected chi connectivity index (χ2v) is 7.17. The van der Waals surface area contributed by atoms with Crippen LogP contribution in [0.5, 0.6) is 0 Å². The van der Waals surface area contributed by atoms with Crippen molar-refractivity contribution in [3.05, 3.63) is 65.1 Å². The molecule has 1 aromatic heterocycles. The molecule has 0 unspecified atom stereocenters. The van der Waals surface area contributed by atoms with Crippen LogP contribution in [0, 0.1) is 22.6 Å². The first-order chi connectivity index (χ1) is 12.3. The van der Waals surface area contributed by atoms with Gasteiger partial charge in [-0.2, -0.15) is 5.26 Å². The number of hydrogen-bond donors (Lipinski definition) is 1. The van der Waals surface area contributed by atoms with E-state index < -0.39 is 5.41 Å². The third-order valence-electron chi connectivity index (χ3n) is 4.29. The predicted octanol–water partition coefficient (Wildman–Crippen LogP) is 4.97. The maximum absolute atomic E-state index is 13.9. The summed E-state index contributed by atoms with van der Waals surface area (Å²) in [6.45, 7) is 4.02. The van der Waals surface area contributed by atoms with Crippen molar-refractivity contribution in [2.75, 3.05) is 5.32 Å². The fourth-order valence-electron chi connectivity index (χ4n) is 2.81. The summed E-state index contributed by atoms with van der Waals surface area (Å²) in [7, 11) is 0. The van der Waals surface area contributed by atoms with Crippen molar-refractivity contribution in [2.45, 2.75) is 20.4 Å². The summed E-state index contributed by atoms with van der Waals surface area (Å²) in [5.41, 5.74) is 0.867. The number of amides is 1. The van der Waals surface area contributed by atoms with Crippen molar-refractivity contribution >= 4 is 34.1 Å². The van der Waals surface area contributed by atoms with Gasteiger partial charge in [-0.05, 0) is 50.2 Å². The normalized spacial score (nSPS) is 11.3. The topological polar surface area (TPSA) is 57.8 Å². The van der Waals surface area contributed by atoms with E-state index in [1.807, 2.05) is 30.6 Å². The number of anilines is 1. The van der Waals surface area contributed by atoms with Gasteiger partial charge in [0.2, 0.25) is 5.91 Å². The van der Waals surface area contributed by atoms with Gasteiger partial charge in [0.25, 0.3) is 0 Å². The van der Waals surface area contributed by atoms with Crippen LogP contribution in [0.25, 0.3) is 10.9 Å². The lowest BCUT2D eigenvalue weighted by molar-refractivity contribution is -0.124. The number of benzene rings is 2. The molecule has 0 bridgehead atoms. The molecule has 1 heterocycles. The number of carbonyl (C=O) groups is 1. The first-order valence-electron chi connectivity index (χ1n) is 8.06. The summed E-state index contributed by atoms with van der Waals surface area (Å²) in [5.74, 6) is -0.479. The molecule has 0 aliphatic rings. The highest BCUT2D eigenvalue weighted by Gasteiger charge is 2.29. The molecule has 3 rings (SSSR count). The van der Waals surface area contributed by atoms with E-state index in [0.717, 1.165) is 5.52 Å². The zero-order valence-corrected chi connectivity index (χ0v) is 15.1. The minimum absolute atomic E-state index is 0.198. The maximum Gasteiger partial charge on any atom is 0.231 e. The van der Waals surface area contributed by atoms with E-state index in [2.05, 4.69) is 5.32 Å². The Hall–Kier alpha value is -2.84. The molecule has 132 valence electrons. The van der Waals surface area contributed by atoms with Crippen LogP contribution in [0.2, 0.25) is 5.02 Å². The molecule has 1 amide bonds. The van der Waals surface area contributed by atoms with E-state index in [1.54, 1.807) is 36.5 Å². The number of aromatic nitrogens is 1. The number of hydrogen-bond acceptors (Lipinski definition) is 2. The minimum Gasteiger partial charge on any atom is -0.346 e. The third-order valence-corrected chi connectivity index (χ3v) is 4.60. The quantitative estimate of drug-likeness (QED) is 0.705. The highest BCUT2D eigenvalue weighted by atomic mass is 35.5. The van der Waals surface area contributed by atoms with Gasteiger partial charge in [-0.25, -0.2) is 4.39 Å². The molecule has 6 heteroatoms. The standard InChI is InChI=1S/C20H17ClFN3O/c1-20(2,12-25-9-8-15-17(22)4-3-5-18(15)25)19(26)24-14-7-6-13(11-23)16(21)10-14/h3-10H,12H2,1-2H3,(H,24,26). The van der Waals surface area contributed by atoms with Crippen molar-refractivity contribution in [3.63, 3.8) is 0 Å². The van der Waals surface area contributed by atoms with Crippen LogP contribution in [0.4, 0.5) is 10.1 Å². The number of nitrogens with one attached hydrogen (secondary N) is 1. The maximum atomic E-state index is 13.9. The van der Waals surface area contributed by atoms with Crippen LogP contribution in [-0.4, -0.2) is 10.5 Å². The zero-order valence-electron chi connectivity index (χ0n) is 14.4. The van der Waals surface area contributed by atoms with E-state index in [4.69, 9.17) is 16.9 Å². The number of halogens is 2.